The van der Waals surface area contributed by atoms with E-state index in [0.29, 0.717) is 39.3 Å². The Bertz CT molecular complexity index is 1480. The van der Waals surface area contributed by atoms with Gasteiger partial charge in [-0.15, -0.1) is 0 Å². The number of aromatic nitrogens is 4. The molecule has 5 rings (SSSR count). The van der Waals surface area contributed by atoms with Crippen LogP contribution in [0.25, 0.3) is 33.3 Å². The SMILES string of the molecule is COc1ccc2nc3c4ccccc4c(=O)n(-c4ccc(C(C)=O)nc4)c3n2c1. The first kappa shape index (κ1) is 17.1. The zero-order chi connectivity index (χ0) is 20.1. The van der Waals surface area contributed by atoms with Gasteiger partial charge in [-0.1, -0.05) is 18.2 Å². The Morgan fingerprint density at radius 2 is 1.83 bits per heavy atom. The predicted molar refractivity (Wildman–Crippen MR) is 110 cm³/mol. The molecule has 0 aliphatic rings. The van der Waals surface area contributed by atoms with Crippen LogP contribution in [0.5, 0.6) is 5.75 Å². The highest BCUT2D eigenvalue weighted by atomic mass is 16.5. The molecule has 0 N–H and O–H groups in total. The Kier molecular flexibility index (Phi) is 3.70. The highest BCUT2D eigenvalue weighted by molar-refractivity contribution is 6.04. The van der Waals surface area contributed by atoms with Gasteiger partial charge in [0.15, 0.2) is 11.4 Å². The molecule has 0 aliphatic heterocycles. The largest absolute Gasteiger partial charge is 0.495 e. The molecule has 0 unspecified atom stereocenters. The van der Waals surface area contributed by atoms with E-state index < -0.39 is 0 Å². The fourth-order valence-electron chi connectivity index (χ4n) is 3.59. The molecule has 7 heteroatoms. The molecule has 4 aromatic heterocycles. The summed E-state index contributed by atoms with van der Waals surface area (Å²) in [6, 6.07) is 14.4. The lowest BCUT2D eigenvalue weighted by molar-refractivity contribution is 0.101. The van der Waals surface area contributed by atoms with Crippen molar-refractivity contribution in [3.63, 3.8) is 0 Å². The molecule has 0 saturated carbocycles. The summed E-state index contributed by atoms with van der Waals surface area (Å²) in [6.45, 7) is 1.46. The van der Waals surface area contributed by atoms with Gasteiger partial charge >= 0.3 is 0 Å². The summed E-state index contributed by atoms with van der Waals surface area (Å²) in [7, 11) is 1.59. The number of rotatable bonds is 3. The molecule has 0 aliphatic carbocycles. The van der Waals surface area contributed by atoms with E-state index in [1.807, 2.05) is 34.7 Å². The first-order chi connectivity index (χ1) is 14.1. The van der Waals surface area contributed by atoms with E-state index in [1.54, 1.807) is 36.1 Å². The number of fused-ring (bicyclic) bond motifs is 5. The number of hydrogen-bond donors (Lipinski definition) is 0. The van der Waals surface area contributed by atoms with Crippen molar-refractivity contribution in [2.24, 2.45) is 0 Å². The summed E-state index contributed by atoms with van der Waals surface area (Å²) in [5.41, 5.74) is 2.72. The average molecular weight is 384 g/mol. The number of carbonyl (C=O) groups is 1. The number of pyridine rings is 3. The number of methoxy groups -OCH3 is 1. The van der Waals surface area contributed by atoms with Crippen LogP contribution in [-0.4, -0.2) is 31.8 Å². The summed E-state index contributed by atoms with van der Waals surface area (Å²) in [6.07, 6.45) is 3.33. The van der Waals surface area contributed by atoms with E-state index in [2.05, 4.69) is 4.98 Å². The van der Waals surface area contributed by atoms with Gasteiger partial charge in [-0.3, -0.25) is 23.5 Å². The van der Waals surface area contributed by atoms with Crippen LogP contribution in [0.15, 0.2) is 65.7 Å². The molecule has 5 aromatic rings. The number of benzene rings is 1. The van der Waals surface area contributed by atoms with Crippen molar-refractivity contribution in [2.75, 3.05) is 7.11 Å². The van der Waals surface area contributed by atoms with E-state index >= 15 is 0 Å². The zero-order valence-electron chi connectivity index (χ0n) is 15.8. The Hall–Kier alpha value is -4.00. The van der Waals surface area contributed by atoms with E-state index in [1.165, 1.54) is 13.1 Å². The fourth-order valence-corrected chi connectivity index (χ4v) is 3.59. The summed E-state index contributed by atoms with van der Waals surface area (Å²) in [5, 5.41) is 1.34. The lowest BCUT2D eigenvalue weighted by Gasteiger charge is -2.11. The van der Waals surface area contributed by atoms with Gasteiger partial charge in [-0.2, -0.15) is 0 Å². The number of hydrogen-bond acceptors (Lipinski definition) is 5. The first-order valence-corrected chi connectivity index (χ1v) is 9.05. The monoisotopic (exact) mass is 384 g/mol. The second kappa shape index (κ2) is 6.27. The highest BCUT2D eigenvalue weighted by Crippen LogP contribution is 2.27. The molecular formula is C22H16N4O3. The predicted octanol–water partition coefficient (Wildman–Crippen LogP) is 3.40. The number of ether oxygens (including phenoxy) is 1. The minimum Gasteiger partial charge on any atom is -0.495 e. The second-order valence-corrected chi connectivity index (χ2v) is 6.73. The lowest BCUT2D eigenvalue weighted by Crippen LogP contribution is -2.20. The molecule has 0 saturated heterocycles. The maximum Gasteiger partial charge on any atom is 0.264 e. The van der Waals surface area contributed by atoms with E-state index in [9.17, 15) is 9.59 Å². The van der Waals surface area contributed by atoms with Gasteiger partial charge < -0.3 is 4.74 Å². The van der Waals surface area contributed by atoms with Crippen molar-refractivity contribution in [1.29, 1.82) is 0 Å². The average Bonchev–Trinajstić information content (AvgIpc) is 3.13. The summed E-state index contributed by atoms with van der Waals surface area (Å²) in [5.74, 6) is 0.515. The molecule has 0 atom stereocenters. The summed E-state index contributed by atoms with van der Waals surface area (Å²) in [4.78, 5) is 34.0. The molecule has 7 nitrogen and oxygen atoms in total. The number of nitrogens with zero attached hydrogens (tertiary/aromatic N) is 4. The van der Waals surface area contributed by atoms with Gasteiger partial charge in [-0.25, -0.2) is 4.98 Å². The van der Waals surface area contributed by atoms with Crippen LogP contribution in [0.3, 0.4) is 0 Å². The molecule has 0 fully saturated rings. The number of imidazole rings is 1. The number of Topliss-reactive ketones (excluding diaryl/α,β-unsaturated/α-hetero) is 1. The molecule has 29 heavy (non-hydrogen) atoms. The maximum absolute atomic E-state index is 13.5. The third-order valence-electron chi connectivity index (χ3n) is 5.00. The molecule has 4 heterocycles. The van der Waals surface area contributed by atoms with Gasteiger partial charge in [0.25, 0.3) is 5.56 Å². The molecule has 0 amide bonds. The Labute approximate surface area is 164 Å². The maximum atomic E-state index is 13.5. The summed E-state index contributed by atoms with van der Waals surface area (Å²) < 4.78 is 8.77. The third-order valence-corrected chi connectivity index (χ3v) is 5.00. The van der Waals surface area contributed by atoms with Crippen LogP contribution in [0.2, 0.25) is 0 Å². The van der Waals surface area contributed by atoms with E-state index in [4.69, 9.17) is 9.72 Å². The molecule has 0 bridgehead atoms. The van der Waals surface area contributed by atoms with Gasteiger partial charge in [0.2, 0.25) is 0 Å². The quantitative estimate of drug-likeness (QED) is 0.446. The zero-order valence-corrected chi connectivity index (χ0v) is 15.8. The molecule has 0 spiro atoms. The van der Waals surface area contributed by atoms with Crippen LogP contribution in [0, 0.1) is 0 Å². The first-order valence-electron chi connectivity index (χ1n) is 9.05. The van der Waals surface area contributed by atoms with Gasteiger partial charge in [0.05, 0.1) is 25.2 Å². The van der Waals surface area contributed by atoms with E-state index in [0.717, 1.165) is 5.39 Å². The van der Waals surface area contributed by atoms with Crippen LogP contribution in [0.4, 0.5) is 0 Å². The van der Waals surface area contributed by atoms with Gasteiger partial charge in [0, 0.05) is 17.7 Å². The fraction of sp³-hybridized carbons (Fsp3) is 0.0909. The lowest BCUT2D eigenvalue weighted by atomic mass is 10.1. The number of ketones is 1. The van der Waals surface area contributed by atoms with Crippen molar-refractivity contribution < 1.29 is 9.53 Å². The van der Waals surface area contributed by atoms with Crippen molar-refractivity contribution in [3.05, 3.63) is 77.0 Å². The van der Waals surface area contributed by atoms with Crippen LogP contribution in [0.1, 0.15) is 17.4 Å². The Balaban J connectivity index is 1.98. The van der Waals surface area contributed by atoms with Gasteiger partial charge in [0.1, 0.15) is 22.6 Å². The molecule has 142 valence electrons. The summed E-state index contributed by atoms with van der Waals surface area (Å²) >= 11 is 0. The third kappa shape index (κ3) is 2.51. The minimum atomic E-state index is -0.185. The molecule has 1 aromatic carbocycles. The minimum absolute atomic E-state index is 0.132. The van der Waals surface area contributed by atoms with Gasteiger partial charge in [-0.05, 0) is 30.3 Å². The van der Waals surface area contributed by atoms with Crippen LogP contribution in [-0.2, 0) is 0 Å². The van der Waals surface area contributed by atoms with Crippen molar-refractivity contribution in [2.45, 2.75) is 6.92 Å². The number of carbonyl (C=O) groups excluding carboxylic acids is 1. The second-order valence-electron chi connectivity index (χ2n) is 6.73. The van der Waals surface area contributed by atoms with Crippen molar-refractivity contribution in [1.82, 2.24) is 18.9 Å². The smallest absolute Gasteiger partial charge is 0.264 e. The normalized spacial score (nSPS) is 11.4. The highest BCUT2D eigenvalue weighted by Gasteiger charge is 2.18. The van der Waals surface area contributed by atoms with E-state index in [-0.39, 0.29) is 11.3 Å². The standard InChI is InChI=1S/C22H16N4O3/c1-13(27)18-9-7-14(11-23-18)26-21-20(16-5-3-4-6-17(16)22(26)28)24-19-10-8-15(29-2)12-25(19)21/h3-12H,1-2H3. The van der Waals surface area contributed by atoms with Crippen molar-refractivity contribution in [3.8, 4) is 11.4 Å². The van der Waals surface area contributed by atoms with Crippen LogP contribution >= 0.6 is 0 Å². The molecule has 0 radical (unpaired) electrons. The Morgan fingerprint density at radius 3 is 2.52 bits per heavy atom. The molecular weight excluding hydrogens is 368 g/mol. The van der Waals surface area contributed by atoms with Crippen LogP contribution < -0.4 is 10.3 Å². The van der Waals surface area contributed by atoms with Crippen molar-refractivity contribution >= 4 is 33.4 Å². The Morgan fingerprint density at radius 1 is 1.03 bits per heavy atom. The topological polar surface area (TPSA) is 78.5 Å².